The second-order valence-electron chi connectivity index (χ2n) is 38.3. The highest BCUT2D eigenvalue weighted by molar-refractivity contribution is 5.63. The fourth-order valence-electron chi connectivity index (χ4n) is 18.2. The predicted octanol–water partition coefficient (Wildman–Crippen LogP) is 21.5. The first-order valence-corrected chi connectivity index (χ1v) is 46.2. The minimum Gasteiger partial charge on any atom is -0.371 e. The van der Waals surface area contributed by atoms with Gasteiger partial charge in [0, 0.05) is 144 Å². The van der Waals surface area contributed by atoms with Crippen molar-refractivity contribution in [2.24, 2.45) is 64.0 Å². The number of hydrogen-bond donors (Lipinski definition) is 6. The fourth-order valence-corrected chi connectivity index (χ4v) is 18.2. The first-order chi connectivity index (χ1) is 56.2. The van der Waals surface area contributed by atoms with Crippen molar-refractivity contribution in [3.63, 3.8) is 0 Å². The van der Waals surface area contributed by atoms with Gasteiger partial charge in [-0.3, -0.25) is 0 Å². The Morgan fingerprint density at radius 3 is 0.720 bits per heavy atom. The zero-order valence-electron chi connectivity index (χ0n) is 77.8. The summed E-state index contributed by atoms with van der Waals surface area (Å²) >= 11 is 0. The van der Waals surface area contributed by atoms with Gasteiger partial charge >= 0.3 is 0 Å². The van der Waals surface area contributed by atoms with Crippen LogP contribution >= 0.6 is 0 Å². The van der Waals surface area contributed by atoms with Crippen LogP contribution in [0.25, 0.3) is 0 Å². The number of benzene rings is 7. The average molecular weight is 1620 g/mol. The van der Waals surface area contributed by atoms with E-state index in [2.05, 4.69) is 281 Å². The van der Waals surface area contributed by atoms with Crippen LogP contribution in [0.4, 0.5) is 44.2 Å². The van der Waals surface area contributed by atoms with Crippen LogP contribution in [0, 0.1) is 76.9 Å². The van der Waals surface area contributed by atoms with Crippen molar-refractivity contribution in [3.8, 4) is 0 Å². The molecule has 118 heavy (non-hydrogen) atoms. The Bertz CT molecular complexity index is 3750. The van der Waals surface area contributed by atoms with E-state index in [1.807, 2.05) is 19.9 Å². The Labute approximate surface area is 718 Å². The van der Waals surface area contributed by atoms with E-state index in [1.54, 1.807) is 6.07 Å². The van der Waals surface area contributed by atoms with E-state index in [9.17, 15) is 4.39 Å². The van der Waals surface area contributed by atoms with Crippen molar-refractivity contribution in [2.75, 3.05) is 152 Å². The van der Waals surface area contributed by atoms with Crippen molar-refractivity contribution in [3.05, 3.63) is 206 Å². The van der Waals surface area contributed by atoms with Crippen molar-refractivity contribution >= 4 is 39.8 Å². The molecular weight excluding hydrogens is 1450 g/mol. The summed E-state index contributed by atoms with van der Waals surface area (Å²) in [6, 6.07) is 47.4. The van der Waals surface area contributed by atoms with Crippen LogP contribution in [0.3, 0.4) is 0 Å². The Morgan fingerprint density at radius 2 is 0.492 bits per heavy atom. The van der Waals surface area contributed by atoms with E-state index in [1.165, 1.54) is 139 Å². The maximum Gasteiger partial charge on any atom is 0.128 e. The predicted molar refractivity (Wildman–Crippen MR) is 514 cm³/mol. The lowest BCUT2D eigenvalue weighted by atomic mass is 9.96. The number of piperidine rings is 1. The van der Waals surface area contributed by atoms with Crippen LogP contribution in [-0.2, 0) is 0 Å². The third kappa shape index (κ3) is 27.7. The number of anilines is 7. The van der Waals surface area contributed by atoms with Gasteiger partial charge in [-0.25, -0.2) is 4.39 Å². The number of nitrogens with zero attached hydrogens (tertiary/aromatic N) is 7. The molecule has 0 spiro atoms. The molecule has 7 aliphatic rings. The van der Waals surface area contributed by atoms with Gasteiger partial charge in [-0.05, 0) is 311 Å². The lowest BCUT2D eigenvalue weighted by Crippen LogP contribution is -2.40. The third-order valence-electron chi connectivity index (χ3n) is 26.0. The van der Waals surface area contributed by atoms with E-state index in [-0.39, 0.29) is 11.7 Å². The minimum atomic E-state index is -0.0579. The molecule has 7 aromatic carbocycles. The van der Waals surface area contributed by atoms with Crippen LogP contribution < -0.4 is 68.7 Å². The number of halogens is 1. The molecule has 0 radical (unpaired) electrons. The summed E-state index contributed by atoms with van der Waals surface area (Å²) in [5.74, 6) is 7.19. The smallest absolute Gasteiger partial charge is 0.128 e. The molecule has 14 rings (SSSR count). The maximum atomic E-state index is 13.9. The van der Waals surface area contributed by atoms with E-state index < -0.39 is 0 Å². The molecule has 7 heterocycles. The van der Waals surface area contributed by atoms with E-state index in [0.29, 0.717) is 71.3 Å². The van der Waals surface area contributed by atoms with Crippen molar-refractivity contribution in [1.29, 1.82) is 0 Å². The zero-order chi connectivity index (χ0) is 86.2. The summed E-state index contributed by atoms with van der Waals surface area (Å²) in [6.45, 7) is 65.4. The van der Waals surface area contributed by atoms with E-state index >= 15 is 0 Å². The third-order valence-corrected chi connectivity index (χ3v) is 26.0. The molecule has 13 nitrogen and oxygen atoms in total. The van der Waals surface area contributed by atoms with Gasteiger partial charge in [0.15, 0.2) is 0 Å². The normalized spacial score (nSPS) is 20.0. The lowest BCUT2D eigenvalue weighted by molar-refractivity contribution is 0.500. The number of hydrogen-bond acceptors (Lipinski definition) is 13. The lowest BCUT2D eigenvalue weighted by Gasteiger charge is -2.34. The Kier molecular flexibility index (Phi) is 38.1. The molecule has 0 aliphatic carbocycles. The molecule has 0 amide bonds. The monoisotopic (exact) mass is 1610 g/mol. The summed E-state index contributed by atoms with van der Waals surface area (Å²) < 4.78 is 13.9. The molecular formula is C104H164FN13. The summed E-state index contributed by atoms with van der Waals surface area (Å²) in [6.07, 6.45) is 10.8. The van der Waals surface area contributed by atoms with Gasteiger partial charge in [0.25, 0.3) is 0 Å². The molecule has 3 unspecified atom stereocenters. The standard InChI is InChI=1S/C15H22FN.5C15H24N2.C14H22N2/c1-4-12-7-8-17(10-12)13-5-6-14(11(2)3)15(16)9-13;1-11(2)14-5-4-12(3)10-15(14)17-8-6-13(16)7-9-17;4*1-11(2)14-5-4-12(3)8-15(14)17-7-6-13(9-16)10-17;1-10(2)13-5-4-11(3)8-14(13)16-7-6-12(15)9-16/h5-6,9,11-12H,4,7-8,10H2,1-3H3;4-5,10-11,13H,6-9,16H2,1-3H3;4*4-5,8,11,13H,6-7,9-10,16H2,1-3H3;4-5,8,10,12H,6-7,9,15H2,1-3H3/t;;2*13-;;;12-/m..10..0/s1. The summed E-state index contributed by atoms with van der Waals surface area (Å²) in [5, 5.41) is 0. The fraction of sp³-hybridized carbons (Fsp3) is 0.596. The van der Waals surface area contributed by atoms with Crippen molar-refractivity contribution in [1.82, 2.24) is 0 Å². The topological polar surface area (TPSA) is 179 Å². The van der Waals surface area contributed by atoms with Crippen molar-refractivity contribution < 1.29 is 4.39 Å². The van der Waals surface area contributed by atoms with E-state index in [0.717, 1.165) is 154 Å². The minimum absolute atomic E-state index is 0.0579. The van der Waals surface area contributed by atoms with Crippen LogP contribution in [0.1, 0.15) is 275 Å². The van der Waals surface area contributed by atoms with E-state index in [4.69, 9.17) is 34.4 Å². The first kappa shape index (κ1) is 96.3. The summed E-state index contributed by atoms with van der Waals surface area (Å²) in [4.78, 5) is 17.3. The quantitative estimate of drug-likeness (QED) is 0.0451. The molecule has 7 aromatic rings. The summed E-state index contributed by atoms with van der Waals surface area (Å²) in [5.41, 5.74) is 62.3. The largest absolute Gasteiger partial charge is 0.371 e. The molecule has 6 atom stereocenters. The Morgan fingerprint density at radius 1 is 0.271 bits per heavy atom. The number of nitrogens with two attached hydrogens (primary N) is 6. The average Bonchev–Trinajstić information content (AvgIpc) is 1.49. The molecule has 0 aromatic heterocycles. The molecule has 0 saturated carbocycles. The molecule has 7 aliphatic heterocycles. The van der Waals surface area contributed by atoms with Gasteiger partial charge in [-0.15, -0.1) is 0 Å². The molecule has 7 saturated heterocycles. The molecule has 0 bridgehead atoms. The zero-order valence-corrected chi connectivity index (χ0v) is 77.8. The molecule has 14 heteroatoms. The first-order valence-electron chi connectivity index (χ1n) is 46.2. The van der Waals surface area contributed by atoms with Gasteiger partial charge < -0.3 is 68.7 Å². The SMILES string of the molecule is CCC1CCN(c2ccc(C(C)C)c(F)c2)C1.Cc1ccc(C(C)C)c(N2CCC(CN)C2)c1.Cc1ccc(C(C)C)c(N2CCC(CN)C2)c1.Cc1ccc(C(C)C)c(N2CCC(N)CC2)c1.Cc1ccc(C(C)C)c(N2CC[C@@H](CN)C2)c1.Cc1ccc(C(C)C)c(N2CC[C@H](CN)C2)c1.Cc1ccc(C(C)C)c(N2CC[C@H](N)C2)c1. The maximum absolute atomic E-state index is 13.9. The molecule has 7 fully saturated rings. The highest BCUT2D eigenvalue weighted by Crippen LogP contribution is 2.39. The van der Waals surface area contributed by atoms with Gasteiger partial charge in [0.2, 0.25) is 0 Å². The second kappa shape index (κ2) is 46.7. The number of aryl methyl sites for hydroxylation is 6. The Balaban J connectivity index is 0.000000172. The van der Waals surface area contributed by atoms with Crippen LogP contribution in [0.2, 0.25) is 0 Å². The highest BCUT2D eigenvalue weighted by Gasteiger charge is 2.30. The van der Waals surface area contributed by atoms with Gasteiger partial charge in [-0.2, -0.15) is 0 Å². The molecule has 12 N–H and O–H groups in total. The summed E-state index contributed by atoms with van der Waals surface area (Å²) in [7, 11) is 0. The second-order valence-corrected chi connectivity index (χ2v) is 38.3. The Hall–Kier alpha value is -7.17. The number of rotatable bonds is 19. The highest BCUT2D eigenvalue weighted by atomic mass is 19.1. The van der Waals surface area contributed by atoms with Crippen LogP contribution in [0.5, 0.6) is 0 Å². The van der Waals surface area contributed by atoms with Crippen molar-refractivity contribution in [2.45, 2.75) is 257 Å². The van der Waals surface area contributed by atoms with Gasteiger partial charge in [-0.1, -0.05) is 189 Å². The van der Waals surface area contributed by atoms with Crippen LogP contribution in [-0.4, -0.2) is 130 Å². The van der Waals surface area contributed by atoms with Gasteiger partial charge in [0.05, 0.1) is 0 Å². The van der Waals surface area contributed by atoms with Crippen LogP contribution in [0.15, 0.2) is 127 Å². The molecule has 652 valence electrons. The van der Waals surface area contributed by atoms with Gasteiger partial charge in [0.1, 0.15) is 5.82 Å².